The van der Waals surface area contributed by atoms with Crippen LogP contribution in [-0.4, -0.2) is 26.2 Å². The van der Waals surface area contributed by atoms with Crippen LogP contribution in [0.2, 0.25) is 10.0 Å². The molecule has 1 aromatic carbocycles. The van der Waals surface area contributed by atoms with Crippen molar-refractivity contribution in [3.8, 4) is 0 Å². The molecular formula is C13H10Cl2F3NO4. The molecular weight excluding hydrogens is 362 g/mol. The normalized spacial score (nSPS) is 11.9. The van der Waals surface area contributed by atoms with Gasteiger partial charge in [0.1, 0.15) is 5.70 Å². The Morgan fingerprint density at radius 3 is 2.26 bits per heavy atom. The maximum Gasteiger partial charge on any atom is 0.418 e. The molecule has 23 heavy (non-hydrogen) atoms. The number of carbonyl (C=O) groups excluding carboxylic acids is 2. The van der Waals surface area contributed by atoms with Crippen molar-refractivity contribution in [3.05, 3.63) is 39.5 Å². The molecule has 0 radical (unpaired) electrons. The van der Waals surface area contributed by atoms with Crippen LogP contribution in [0.5, 0.6) is 0 Å². The molecule has 0 amide bonds. The summed E-state index contributed by atoms with van der Waals surface area (Å²) in [6.45, 7) is 0. The fourth-order valence-corrected chi connectivity index (χ4v) is 1.85. The largest absolute Gasteiger partial charge is 0.466 e. The van der Waals surface area contributed by atoms with Crippen LogP contribution in [0.25, 0.3) is 0 Å². The lowest BCUT2D eigenvalue weighted by atomic mass is 10.1. The molecule has 0 saturated carbocycles. The molecule has 0 aromatic heterocycles. The van der Waals surface area contributed by atoms with Gasteiger partial charge in [0.05, 0.1) is 41.6 Å². The van der Waals surface area contributed by atoms with Crippen LogP contribution in [0.1, 0.15) is 5.56 Å². The Bertz CT molecular complexity index is 659. The molecule has 10 heteroatoms. The van der Waals surface area contributed by atoms with E-state index in [-0.39, 0.29) is 5.02 Å². The summed E-state index contributed by atoms with van der Waals surface area (Å²) in [5.74, 6) is -2.08. The first-order valence-electron chi connectivity index (χ1n) is 5.82. The molecule has 0 fully saturated rings. The second-order valence-electron chi connectivity index (χ2n) is 3.98. The third-order valence-corrected chi connectivity index (χ3v) is 3.33. The predicted octanol–water partition coefficient (Wildman–Crippen LogP) is 3.65. The van der Waals surface area contributed by atoms with Gasteiger partial charge in [-0.2, -0.15) is 13.2 Å². The van der Waals surface area contributed by atoms with Gasteiger partial charge >= 0.3 is 18.1 Å². The number of methoxy groups -OCH3 is 2. The molecule has 0 aliphatic heterocycles. The predicted molar refractivity (Wildman–Crippen MR) is 77.2 cm³/mol. The maximum absolute atomic E-state index is 13.1. The van der Waals surface area contributed by atoms with Gasteiger partial charge in [0, 0.05) is 0 Å². The van der Waals surface area contributed by atoms with Crippen LogP contribution in [0.15, 0.2) is 23.9 Å². The monoisotopic (exact) mass is 371 g/mol. The molecule has 5 nitrogen and oxygen atoms in total. The number of esters is 2. The number of nitrogens with one attached hydrogen (secondary N) is 1. The molecule has 0 saturated heterocycles. The number of rotatable bonds is 4. The van der Waals surface area contributed by atoms with E-state index in [1.54, 1.807) is 0 Å². The van der Waals surface area contributed by atoms with E-state index in [0.717, 1.165) is 20.3 Å². The molecule has 0 heterocycles. The molecule has 0 bridgehead atoms. The number of benzene rings is 1. The summed E-state index contributed by atoms with van der Waals surface area (Å²) in [5, 5.41) is 1.48. The highest BCUT2D eigenvalue weighted by Crippen LogP contribution is 2.42. The van der Waals surface area contributed by atoms with Crippen molar-refractivity contribution in [1.82, 2.24) is 0 Å². The number of ether oxygens (including phenoxy) is 2. The van der Waals surface area contributed by atoms with Crippen molar-refractivity contribution in [1.29, 1.82) is 0 Å². The van der Waals surface area contributed by atoms with Gasteiger partial charge in [0.25, 0.3) is 0 Å². The van der Waals surface area contributed by atoms with E-state index in [0.29, 0.717) is 12.1 Å². The molecule has 0 aliphatic carbocycles. The zero-order chi connectivity index (χ0) is 17.8. The average Bonchev–Trinajstić information content (AvgIpc) is 2.48. The van der Waals surface area contributed by atoms with Crippen molar-refractivity contribution in [2.45, 2.75) is 6.18 Å². The maximum atomic E-state index is 13.1. The molecule has 126 valence electrons. The smallest absolute Gasteiger partial charge is 0.418 e. The average molecular weight is 372 g/mol. The Labute approximate surface area is 138 Å². The lowest BCUT2D eigenvalue weighted by Crippen LogP contribution is -2.18. The fraction of sp³-hybridized carbons (Fsp3) is 0.231. The number of hydrogen-bond acceptors (Lipinski definition) is 5. The Morgan fingerprint density at radius 1 is 1.17 bits per heavy atom. The molecule has 1 rings (SSSR count). The van der Waals surface area contributed by atoms with Gasteiger partial charge in [-0.15, -0.1) is 0 Å². The minimum Gasteiger partial charge on any atom is -0.466 e. The highest BCUT2D eigenvalue weighted by molar-refractivity contribution is 6.44. The molecule has 1 aromatic rings. The van der Waals surface area contributed by atoms with Crippen molar-refractivity contribution in [2.24, 2.45) is 0 Å². The van der Waals surface area contributed by atoms with Crippen molar-refractivity contribution < 1.29 is 32.2 Å². The number of alkyl halides is 3. The summed E-state index contributed by atoms with van der Waals surface area (Å²) in [7, 11) is 2.01. The zero-order valence-electron chi connectivity index (χ0n) is 11.8. The van der Waals surface area contributed by atoms with E-state index in [4.69, 9.17) is 23.2 Å². The first-order valence-corrected chi connectivity index (χ1v) is 6.57. The second kappa shape index (κ2) is 7.56. The summed E-state index contributed by atoms with van der Waals surface area (Å²) in [4.78, 5) is 22.8. The Hall–Kier alpha value is -1.93. The second-order valence-corrected chi connectivity index (χ2v) is 4.76. The van der Waals surface area contributed by atoms with Crippen LogP contribution in [0.3, 0.4) is 0 Å². The zero-order valence-corrected chi connectivity index (χ0v) is 13.3. The van der Waals surface area contributed by atoms with Crippen LogP contribution in [0, 0.1) is 0 Å². The van der Waals surface area contributed by atoms with E-state index in [1.807, 2.05) is 0 Å². The SMILES string of the molecule is COC(=O)/C=C(/Nc1c(C(F)(F)F)ccc(Cl)c1Cl)C(=O)OC. The first-order chi connectivity index (χ1) is 10.6. The van der Waals surface area contributed by atoms with Gasteiger partial charge in [-0.25, -0.2) is 9.59 Å². The van der Waals surface area contributed by atoms with Crippen LogP contribution in [-0.2, 0) is 25.2 Å². The first kappa shape index (κ1) is 19.1. The van der Waals surface area contributed by atoms with E-state index < -0.39 is 40.1 Å². The Kier molecular flexibility index (Phi) is 6.28. The summed E-state index contributed by atoms with van der Waals surface area (Å²) >= 11 is 11.5. The third kappa shape index (κ3) is 4.77. The van der Waals surface area contributed by atoms with Gasteiger partial charge < -0.3 is 14.8 Å². The van der Waals surface area contributed by atoms with Crippen molar-refractivity contribution in [2.75, 3.05) is 19.5 Å². The molecule has 0 aliphatic rings. The Balaban J connectivity index is 3.44. The lowest BCUT2D eigenvalue weighted by Gasteiger charge is -2.17. The summed E-state index contributed by atoms with van der Waals surface area (Å²) in [6.07, 6.45) is -4.15. The summed E-state index contributed by atoms with van der Waals surface area (Å²) < 4.78 is 47.9. The van der Waals surface area contributed by atoms with Crippen LogP contribution in [0.4, 0.5) is 18.9 Å². The molecule has 0 atom stereocenters. The fourth-order valence-electron chi connectivity index (χ4n) is 1.48. The molecule has 0 spiro atoms. The van der Waals surface area contributed by atoms with E-state index in [9.17, 15) is 22.8 Å². The van der Waals surface area contributed by atoms with Crippen molar-refractivity contribution in [3.63, 3.8) is 0 Å². The van der Waals surface area contributed by atoms with E-state index in [1.165, 1.54) is 0 Å². The number of hydrogen-bond donors (Lipinski definition) is 1. The van der Waals surface area contributed by atoms with Gasteiger partial charge in [0.2, 0.25) is 0 Å². The summed E-state index contributed by atoms with van der Waals surface area (Å²) in [5.41, 5.74) is -2.46. The molecule has 0 unspecified atom stereocenters. The van der Waals surface area contributed by atoms with Gasteiger partial charge in [-0.1, -0.05) is 23.2 Å². The third-order valence-electron chi connectivity index (χ3n) is 2.53. The van der Waals surface area contributed by atoms with E-state index in [2.05, 4.69) is 14.8 Å². The van der Waals surface area contributed by atoms with Gasteiger partial charge in [-0.3, -0.25) is 0 Å². The Morgan fingerprint density at radius 2 is 1.78 bits per heavy atom. The minimum absolute atomic E-state index is 0.176. The van der Waals surface area contributed by atoms with Gasteiger partial charge in [-0.05, 0) is 12.1 Å². The standard InChI is InChI=1S/C13H10Cl2F3NO4/c1-22-9(20)5-8(12(21)23-2)19-11-6(13(16,17)18)3-4-7(14)10(11)15/h3-5,19H,1-2H3/b8-5+. The highest BCUT2D eigenvalue weighted by atomic mass is 35.5. The summed E-state index contributed by atoms with van der Waals surface area (Å²) in [6, 6.07) is 1.64. The lowest BCUT2D eigenvalue weighted by molar-refractivity contribution is -0.138. The van der Waals surface area contributed by atoms with Crippen LogP contribution >= 0.6 is 23.2 Å². The topological polar surface area (TPSA) is 64.6 Å². The molecule has 1 N–H and O–H groups in total. The quantitative estimate of drug-likeness (QED) is 0.646. The van der Waals surface area contributed by atoms with E-state index >= 15 is 0 Å². The number of carbonyl (C=O) groups is 2. The van der Waals surface area contributed by atoms with Crippen LogP contribution < -0.4 is 5.32 Å². The van der Waals surface area contributed by atoms with Gasteiger partial charge in [0.15, 0.2) is 0 Å². The number of anilines is 1. The highest BCUT2D eigenvalue weighted by Gasteiger charge is 2.35. The van der Waals surface area contributed by atoms with Crippen molar-refractivity contribution >= 4 is 40.8 Å². The number of halogens is 5. The minimum atomic E-state index is -4.77.